The lowest BCUT2D eigenvalue weighted by Crippen LogP contribution is -2.30. The molecular formula is C19H18FN3O3. The molecule has 7 heteroatoms. The average Bonchev–Trinajstić information content (AvgIpc) is 2.99. The summed E-state index contributed by atoms with van der Waals surface area (Å²) >= 11 is 0. The second-order valence-corrected chi connectivity index (χ2v) is 6.11. The van der Waals surface area contributed by atoms with Gasteiger partial charge in [0.1, 0.15) is 11.9 Å². The molecule has 0 aliphatic rings. The summed E-state index contributed by atoms with van der Waals surface area (Å²) in [4.78, 5) is 24.6. The molecule has 1 aromatic heterocycles. The van der Waals surface area contributed by atoms with Crippen LogP contribution < -0.4 is 11.1 Å². The lowest BCUT2D eigenvalue weighted by molar-refractivity contribution is -0.119. The highest BCUT2D eigenvalue weighted by Gasteiger charge is 2.22. The molecule has 0 aliphatic heterocycles. The van der Waals surface area contributed by atoms with E-state index < -0.39 is 23.5 Å². The molecule has 0 bridgehead atoms. The first kappa shape index (κ1) is 17.6. The molecule has 134 valence electrons. The average molecular weight is 355 g/mol. The van der Waals surface area contributed by atoms with Crippen LogP contribution >= 0.6 is 0 Å². The van der Waals surface area contributed by atoms with E-state index in [1.165, 1.54) is 24.3 Å². The second kappa shape index (κ2) is 6.95. The van der Waals surface area contributed by atoms with Crippen LogP contribution in [0.4, 0.5) is 10.1 Å². The number of carbonyl (C=O) groups excluding carboxylic acids is 1. The maximum atomic E-state index is 13.0. The minimum absolute atomic E-state index is 0.0289. The molecule has 0 unspecified atom stereocenters. The van der Waals surface area contributed by atoms with Gasteiger partial charge in [-0.3, -0.25) is 4.79 Å². The molecule has 26 heavy (non-hydrogen) atoms. The molecule has 0 radical (unpaired) electrons. The summed E-state index contributed by atoms with van der Waals surface area (Å²) in [7, 11) is 0. The number of carbonyl (C=O) groups is 1. The van der Waals surface area contributed by atoms with Crippen molar-refractivity contribution in [2.24, 2.45) is 0 Å². The van der Waals surface area contributed by atoms with E-state index in [9.17, 15) is 14.0 Å². The highest BCUT2D eigenvalue weighted by atomic mass is 19.1. The minimum Gasteiger partial charge on any atom is -0.388 e. The van der Waals surface area contributed by atoms with Crippen molar-refractivity contribution < 1.29 is 13.6 Å². The van der Waals surface area contributed by atoms with Crippen LogP contribution in [0.3, 0.4) is 0 Å². The number of amides is 1. The summed E-state index contributed by atoms with van der Waals surface area (Å²) in [5, 5.41) is 6.85. The summed E-state index contributed by atoms with van der Waals surface area (Å²) in [6.07, 6.45) is 0. The maximum absolute atomic E-state index is 13.0. The van der Waals surface area contributed by atoms with Gasteiger partial charge in [-0.15, -0.1) is 5.10 Å². The summed E-state index contributed by atoms with van der Waals surface area (Å²) in [6.45, 7) is 5.41. The van der Waals surface area contributed by atoms with Crippen LogP contribution in [0, 0.1) is 19.7 Å². The second-order valence-electron chi connectivity index (χ2n) is 6.11. The molecule has 0 spiro atoms. The van der Waals surface area contributed by atoms with Gasteiger partial charge in [-0.2, -0.15) is 4.68 Å². The van der Waals surface area contributed by atoms with Crippen molar-refractivity contribution in [3.63, 3.8) is 0 Å². The number of rotatable bonds is 4. The Morgan fingerprint density at radius 3 is 2.54 bits per heavy atom. The van der Waals surface area contributed by atoms with E-state index >= 15 is 0 Å². The number of anilines is 1. The molecule has 6 nitrogen and oxygen atoms in total. The van der Waals surface area contributed by atoms with Crippen molar-refractivity contribution in [3.05, 3.63) is 70.0 Å². The number of benzene rings is 2. The lowest BCUT2D eigenvalue weighted by Gasteiger charge is -2.13. The Hall–Kier alpha value is -3.22. The fraction of sp³-hybridized carbons (Fsp3) is 0.211. The van der Waals surface area contributed by atoms with Crippen LogP contribution in [0.15, 0.2) is 51.7 Å². The summed E-state index contributed by atoms with van der Waals surface area (Å²) in [5.74, 6) is -1.52. The van der Waals surface area contributed by atoms with E-state index in [1.54, 1.807) is 6.92 Å². The van der Waals surface area contributed by atoms with Crippen LogP contribution in [0.25, 0.3) is 11.5 Å². The number of hydrogen-bond acceptors (Lipinski definition) is 4. The third-order valence-electron chi connectivity index (χ3n) is 4.05. The predicted octanol–water partition coefficient (Wildman–Crippen LogP) is 3.46. The first-order chi connectivity index (χ1) is 12.3. The highest BCUT2D eigenvalue weighted by molar-refractivity contribution is 5.94. The first-order valence-electron chi connectivity index (χ1n) is 8.09. The van der Waals surface area contributed by atoms with Crippen LogP contribution in [0.5, 0.6) is 0 Å². The number of nitrogens with zero attached hydrogens (tertiary/aromatic N) is 2. The standard InChI is InChI=1S/C19H18FN3O3/c1-11-4-9-16(12(2)10-11)21-17(24)13(3)23-19(25)26-18(22-23)14-5-7-15(20)8-6-14/h4-10,13H,1-3H3,(H,21,24)/t13-/m1/s1. The largest absolute Gasteiger partial charge is 0.438 e. The molecule has 1 heterocycles. The molecule has 1 atom stereocenters. The van der Waals surface area contributed by atoms with Gasteiger partial charge in [-0.25, -0.2) is 9.18 Å². The molecule has 1 amide bonds. The van der Waals surface area contributed by atoms with Gasteiger partial charge >= 0.3 is 5.76 Å². The van der Waals surface area contributed by atoms with Gasteiger partial charge in [-0.1, -0.05) is 17.7 Å². The molecule has 0 aliphatic carbocycles. The number of aromatic nitrogens is 2. The molecule has 0 fully saturated rings. The topological polar surface area (TPSA) is 77.1 Å². The van der Waals surface area contributed by atoms with Gasteiger partial charge in [-0.05, 0) is 56.7 Å². The number of hydrogen-bond donors (Lipinski definition) is 1. The third-order valence-corrected chi connectivity index (χ3v) is 4.05. The van der Waals surface area contributed by atoms with Crippen LogP contribution in [-0.4, -0.2) is 15.7 Å². The molecule has 0 saturated heterocycles. The molecule has 2 aromatic carbocycles. The van der Waals surface area contributed by atoms with Crippen molar-refractivity contribution in [1.29, 1.82) is 0 Å². The van der Waals surface area contributed by atoms with E-state index in [-0.39, 0.29) is 5.89 Å². The van der Waals surface area contributed by atoms with Gasteiger partial charge in [0.15, 0.2) is 0 Å². The highest BCUT2D eigenvalue weighted by Crippen LogP contribution is 2.19. The Labute approximate surface area is 149 Å². The van der Waals surface area contributed by atoms with Crippen molar-refractivity contribution in [1.82, 2.24) is 9.78 Å². The van der Waals surface area contributed by atoms with Crippen molar-refractivity contribution in [2.75, 3.05) is 5.32 Å². The monoisotopic (exact) mass is 355 g/mol. The van der Waals surface area contributed by atoms with E-state index in [0.717, 1.165) is 15.8 Å². The molecule has 0 saturated carbocycles. The first-order valence-corrected chi connectivity index (χ1v) is 8.09. The van der Waals surface area contributed by atoms with Gasteiger partial charge in [0, 0.05) is 11.3 Å². The van der Waals surface area contributed by atoms with E-state index in [2.05, 4.69) is 10.4 Å². The van der Waals surface area contributed by atoms with Crippen molar-refractivity contribution in [2.45, 2.75) is 26.8 Å². The summed E-state index contributed by atoms with van der Waals surface area (Å²) in [6, 6.07) is 10.2. The summed E-state index contributed by atoms with van der Waals surface area (Å²) < 4.78 is 19.1. The number of halogens is 1. The normalized spacial score (nSPS) is 12.0. The third kappa shape index (κ3) is 3.56. The van der Waals surface area contributed by atoms with Gasteiger partial charge in [0.25, 0.3) is 0 Å². The number of nitrogens with one attached hydrogen (secondary N) is 1. The molecule has 1 N–H and O–H groups in total. The Kier molecular flexibility index (Phi) is 4.71. The quantitative estimate of drug-likeness (QED) is 0.777. The number of aryl methyl sites for hydroxylation is 2. The van der Waals surface area contributed by atoms with E-state index in [4.69, 9.17) is 4.42 Å². The lowest BCUT2D eigenvalue weighted by atomic mass is 10.1. The summed E-state index contributed by atoms with van der Waals surface area (Å²) in [5.41, 5.74) is 3.13. The van der Waals surface area contributed by atoms with Crippen molar-refractivity contribution in [3.8, 4) is 11.5 Å². The smallest absolute Gasteiger partial charge is 0.388 e. The zero-order chi connectivity index (χ0) is 18.8. The fourth-order valence-electron chi connectivity index (χ4n) is 2.54. The molecular weight excluding hydrogens is 337 g/mol. The SMILES string of the molecule is Cc1ccc(NC(=O)[C@@H](C)n2nc(-c3ccc(F)cc3)oc2=O)c(C)c1. The van der Waals surface area contributed by atoms with Crippen LogP contribution in [0.1, 0.15) is 24.1 Å². The zero-order valence-electron chi connectivity index (χ0n) is 14.6. The zero-order valence-corrected chi connectivity index (χ0v) is 14.6. The molecule has 3 rings (SSSR count). The van der Waals surface area contributed by atoms with Crippen LogP contribution in [0.2, 0.25) is 0 Å². The van der Waals surface area contributed by atoms with Gasteiger partial charge in [0.05, 0.1) is 0 Å². The maximum Gasteiger partial charge on any atom is 0.438 e. The Bertz CT molecular complexity index is 1010. The van der Waals surface area contributed by atoms with E-state index in [1.807, 2.05) is 32.0 Å². The van der Waals surface area contributed by atoms with Gasteiger partial charge in [0.2, 0.25) is 11.8 Å². The Balaban J connectivity index is 1.83. The van der Waals surface area contributed by atoms with Crippen molar-refractivity contribution >= 4 is 11.6 Å². The predicted molar refractivity (Wildman–Crippen MR) is 95.4 cm³/mol. The Morgan fingerprint density at radius 1 is 1.19 bits per heavy atom. The van der Waals surface area contributed by atoms with Gasteiger partial charge < -0.3 is 9.73 Å². The fourth-order valence-corrected chi connectivity index (χ4v) is 2.54. The van der Waals surface area contributed by atoms with E-state index in [0.29, 0.717) is 11.3 Å². The van der Waals surface area contributed by atoms with Crippen LogP contribution in [-0.2, 0) is 4.79 Å². The molecule has 3 aromatic rings. The Morgan fingerprint density at radius 2 is 1.88 bits per heavy atom. The minimum atomic E-state index is -0.874.